The van der Waals surface area contributed by atoms with Gasteiger partial charge in [-0.2, -0.15) is 0 Å². The smallest absolute Gasteiger partial charge is 0.327 e. The summed E-state index contributed by atoms with van der Waals surface area (Å²) >= 11 is 0. The summed E-state index contributed by atoms with van der Waals surface area (Å²) in [6, 6.07) is 9.22. The van der Waals surface area contributed by atoms with Crippen LogP contribution in [0.3, 0.4) is 0 Å². The SMILES string of the molecule is CC(C)(C)OC[C@H](N)C(=O)OC1CCCC1.CC(C)C[C@H](N)C(=O)O[C@@H]1C[C@H](C)CC[C@H]1C(C)C.CC[C@@H](C)[C@H](N)C(=O)OC1CCCC1.COc1ccc([C@H](N)C(=O)OC2CCCC2)cc1.C[C@@H](OC(C)(C)C)[C@H](N)C(=O)OC1CCCC1.C[C@H](N)C(=O)OC1CCCC1.Cl.Cl.N[C@H](C(=O)OC1CCCC1)c1ccc(O)cc1. The number of ether oxygens (including phenoxy) is 10. The number of rotatable bonds is 26. The topological polar surface area (TPSA) is 414 Å². The minimum atomic E-state index is -0.767. The minimum absolute atomic E-state index is 0. The quantitative estimate of drug-likeness (QED) is 0.0320. The molecule has 9 rings (SSSR count). The van der Waals surface area contributed by atoms with Crippen LogP contribution >= 0.6 is 24.8 Å². The van der Waals surface area contributed by atoms with Crippen LogP contribution in [0.2, 0.25) is 0 Å². The number of carbonyl (C=O) groups excluding carboxylic acids is 7. The van der Waals surface area contributed by atoms with Gasteiger partial charge in [-0.15, -0.1) is 24.8 Å². The van der Waals surface area contributed by atoms with E-state index in [0.717, 1.165) is 159 Å². The van der Waals surface area contributed by atoms with Gasteiger partial charge in [-0.1, -0.05) is 85.6 Å². The Kier molecular flexibility index (Phi) is 52.4. The van der Waals surface area contributed by atoms with Crippen molar-refractivity contribution in [2.75, 3.05) is 13.7 Å². The van der Waals surface area contributed by atoms with Gasteiger partial charge in [0.2, 0.25) is 0 Å². The van der Waals surface area contributed by atoms with Gasteiger partial charge < -0.3 is 92.6 Å². The number of benzene rings is 2. The van der Waals surface area contributed by atoms with Gasteiger partial charge in [0.05, 0.1) is 31.0 Å². The molecule has 658 valence electrons. The summed E-state index contributed by atoms with van der Waals surface area (Å²) in [5.74, 6) is 1.14. The minimum Gasteiger partial charge on any atom is -0.508 e. The van der Waals surface area contributed by atoms with E-state index < -0.39 is 42.3 Å². The number of phenols is 1. The molecule has 0 saturated heterocycles. The molecule has 0 bridgehead atoms. The largest absolute Gasteiger partial charge is 0.508 e. The van der Waals surface area contributed by atoms with Crippen LogP contribution in [0.4, 0.5) is 0 Å². The molecular formula is C87H153Cl2N7O18. The normalized spacial score (nSPS) is 21.1. The molecule has 7 aliphatic rings. The molecule has 15 N–H and O–H groups in total. The van der Waals surface area contributed by atoms with Crippen LogP contribution in [0.1, 0.15) is 313 Å². The molecule has 25 nitrogen and oxygen atoms in total. The van der Waals surface area contributed by atoms with Gasteiger partial charge in [-0.3, -0.25) is 24.0 Å². The zero-order valence-electron chi connectivity index (χ0n) is 72.1. The van der Waals surface area contributed by atoms with Crippen molar-refractivity contribution in [1.82, 2.24) is 0 Å². The summed E-state index contributed by atoms with van der Waals surface area (Å²) in [5, 5.41) is 9.15. The van der Waals surface area contributed by atoms with Gasteiger partial charge in [0, 0.05) is 0 Å². The zero-order valence-corrected chi connectivity index (χ0v) is 73.8. The third kappa shape index (κ3) is 43.8. The molecule has 7 fully saturated rings. The molecular weight excluding hydrogens is 1500 g/mol. The van der Waals surface area contributed by atoms with Crippen LogP contribution in [-0.4, -0.2) is 151 Å². The second kappa shape index (κ2) is 56.1. The monoisotopic (exact) mass is 1650 g/mol. The molecule has 2 aromatic carbocycles. The number of methoxy groups -OCH3 is 1. The highest BCUT2D eigenvalue weighted by atomic mass is 35.5. The van der Waals surface area contributed by atoms with Gasteiger partial charge in [0.25, 0.3) is 0 Å². The van der Waals surface area contributed by atoms with Crippen LogP contribution in [0.25, 0.3) is 0 Å². The maximum atomic E-state index is 12.1. The fourth-order valence-electron chi connectivity index (χ4n) is 14.1. The van der Waals surface area contributed by atoms with E-state index in [1.807, 2.05) is 62.3 Å². The van der Waals surface area contributed by atoms with Crippen molar-refractivity contribution >= 4 is 66.6 Å². The van der Waals surface area contributed by atoms with E-state index in [4.69, 9.17) is 92.6 Å². The predicted molar refractivity (Wildman–Crippen MR) is 451 cm³/mol. The molecule has 0 amide bonds. The number of phenolic OH excluding ortho intramolecular Hbond substituents is 1. The maximum absolute atomic E-state index is 12.1. The van der Waals surface area contributed by atoms with Crippen LogP contribution < -0.4 is 44.9 Å². The lowest BCUT2D eigenvalue weighted by Gasteiger charge is -2.37. The fourth-order valence-corrected chi connectivity index (χ4v) is 14.1. The Hall–Kier alpha value is -5.45. The first-order valence-corrected chi connectivity index (χ1v) is 42.2. The number of hydrogen-bond acceptors (Lipinski definition) is 25. The van der Waals surface area contributed by atoms with Gasteiger partial charge in [0.15, 0.2) is 0 Å². The van der Waals surface area contributed by atoms with Crippen LogP contribution in [0.15, 0.2) is 48.5 Å². The van der Waals surface area contributed by atoms with Crippen molar-refractivity contribution in [1.29, 1.82) is 0 Å². The van der Waals surface area contributed by atoms with Gasteiger partial charge in [-0.05, 0) is 294 Å². The highest BCUT2D eigenvalue weighted by Crippen LogP contribution is 2.36. The molecule has 0 unspecified atom stereocenters. The number of esters is 7. The summed E-state index contributed by atoms with van der Waals surface area (Å²) in [7, 11) is 1.60. The highest BCUT2D eigenvalue weighted by molar-refractivity contribution is 5.86. The summed E-state index contributed by atoms with van der Waals surface area (Å²) in [6.07, 6.45) is 30.8. The first-order valence-electron chi connectivity index (χ1n) is 42.2. The Balaban J connectivity index is 0.000000666. The van der Waals surface area contributed by atoms with Crippen molar-refractivity contribution < 1.29 is 86.0 Å². The van der Waals surface area contributed by atoms with Crippen molar-refractivity contribution in [2.24, 2.45) is 69.7 Å². The molecule has 0 heterocycles. The van der Waals surface area contributed by atoms with E-state index >= 15 is 0 Å². The van der Waals surface area contributed by atoms with Gasteiger partial charge >= 0.3 is 41.8 Å². The summed E-state index contributed by atoms with van der Waals surface area (Å²) in [6.45, 7) is 30.2. The second-order valence-corrected chi connectivity index (χ2v) is 34.6. The first-order chi connectivity index (χ1) is 52.7. The molecule has 0 radical (unpaired) electrons. The lowest BCUT2D eigenvalue weighted by Crippen LogP contribution is -2.46. The number of carbonyl (C=O) groups is 7. The molecule has 7 aliphatic carbocycles. The zero-order chi connectivity index (χ0) is 83.8. The molecule has 7 saturated carbocycles. The van der Waals surface area contributed by atoms with Crippen LogP contribution in [-0.2, 0) is 76.2 Å². The summed E-state index contributed by atoms with van der Waals surface area (Å²) in [5.41, 5.74) is 41.1. The maximum Gasteiger partial charge on any atom is 0.327 e. The Morgan fingerprint density at radius 3 is 1.11 bits per heavy atom. The fraction of sp³-hybridized carbons (Fsp3) is 0.782. The Morgan fingerprint density at radius 2 is 0.781 bits per heavy atom. The highest BCUT2D eigenvalue weighted by Gasteiger charge is 2.36. The molecule has 2 aromatic rings. The van der Waals surface area contributed by atoms with E-state index in [-0.39, 0.29) is 145 Å². The number of nitrogens with two attached hydrogens (primary N) is 7. The molecule has 0 aliphatic heterocycles. The van der Waals surface area contributed by atoms with E-state index in [1.165, 1.54) is 44.2 Å². The summed E-state index contributed by atoms with van der Waals surface area (Å²) < 4.78 is 53.7. The van der Waals surface area contributed by atoms with E-state index in [9.17, 15) is 33.6 Å². The average Bonchev–Trinajstić information content (AvgIpc) is 0.887. The third-order valence-electron chi connectivity index (χ3n) is 21.2. The van der Waals surface area contributed by atoms with E-state index in [2.05, 4.69) is 34.6 Å². The van der Waals surface area contributed by atoms with Crippen LogP contribution in [0.5, 0.6) is 11.5 Å². The van der Waals surface area contributed by atoms with Gasteiger partial charge in [-0.25, -0.2) is 9.59 Å². The van der Waals surface area contributed by atoms with Crippen molar-refractivity contribution in [2.45, 2.75) is 392 Å². The van der Waals surface area contributed by atoms with E-state index in [1.54, 1.807) is 50.4 Å². The van der Waals surface area contributed by atoms with Crippen molar-refractivity contribution in [3.8, 4) is 11.5 Å². The Bertz CT molecular complexity index is 2980. The first kappa shape index (κ1) is 107. The molecule has 27 heteroatoms. The third-order valence-corrected chi connectivity index (χ3v) is 21.2. The van der Waals surface area contributed by atoms with E-state index in [0.29, 0.717) is 35.7 Å². The Morgan fingerprint density at radius 1 is 0.439 bits per heavy atom. The van der Waals surface area contributed by atoms with Crippen molar-refractivity contribution in [3.63, 3.8) is 0 Å². The standard InChI is InChI=1S/C16H31NO2.C14H19NO3.C13H17NO3.C13H25NO3.C12H23NO3.C11H21NO2.C8H15NO2.2ClH/c1-10(2)8-14(17)16(18)19-15-9-12(5)6-7-13(15)11(3)4;1-17-11-8-6-10(7-9-11)13(15)14(16)18-12-4-2-3-5-12;14-12(9-5-7-10(15)8-6-9)13(16)17-11-3-1-2-4-11;1-9(17-13(2,3)4)11(14)12(15)16-10-7-5-6-8-10;1-12(2,3)15-8-10(13)11(14)16-9-6-4-5-7-9;1-3-8(2)10(12)11(13)14-9-6-4-5-7-9;1-6(9)8(10)11-7-4-2-3-5-7;;/h10-15H,6-9,17H2,1-5H3;6-9,12-13H,2-5,15H2,1H3;5-8,11-12,15H,1-4,14H2;9-11H,5-8,14H2,1-4H3;9-10H,4-8,13H2,1-3H3;8-10H,3-7,12H2,1-2H3;6-7H,2-5,9H2,1H3;2*1H/t12-,13+,14+,15-;13-;12-;9-,11+;10-;8-,10+;6-;;/m1001010../s1. The second-order valence-electron chi connectivity index (χ2n) is 34.6. The number of hydrogen-bond donors (Lipinski definition) is 8. The molecule has 12 atom stereocenters. The van der Waals surface area contributed by atoms with Crippen molar-refractivity contribution in [3.05, 3.63) is 59.7 Å². The number of halogens is 2. The lowest BCUT2D eigenvalue weighted by atomic mass is 9.75. The molecule has 114 heavy (non-hydrogen) atoms. The average molecular weight is 1660 g/mol. The molecule has 0 spiro atoms. The van der Waals surface area contributed by atoms with Crippen LogP contribution in [0, 0.1) is 29.6 Å². The summed E-state index contributed by atoms with van der Waals surface area (Å²) in [4.78, 5) is 81.6. The predicted octanol–water partition coefficient (Wildman–Crippen LogP) is 14.5. The lowest BCUT2D eigenvalue weighted by molar-refractivity contribution is -0.158. The Labute approximate surface area is 696 Å². The number of aromatic hydroxyl groups is 1. The molecule has 0 aromatic heterocycles. The van der Waals surface area contributed by atoms with Gasteiger partial charge in [0.1, 0.15) is 96.5 Å².